The Hall–Kier alpha value is -2.45. The summed E-state index contributed by atoms with van der Waals surface area (Å²) in [5.74, 6) is -0.732. The van der Waals surface area contributed by atoms with Crippen molar-refractivity contribution < 1.29 is 18.6 Å². The smallest absolute Gasteiger partial charge is 0.240 e. The molecule has 1 atom stereocenters. The third-order valence-electron chi connectivity index (χ3n) is 6.29. The first kappa shape index (κ1) is 22.7. The van der Waals surface area contributed by atoms with Crippen LogP contribution in [-0.2, 0) is 16.1 Å². The van der Waals surface area contributed by atoms with Crippen LogP contribution in [0.3, 0.4) is 0 Å². The van der Waals surface area contributed by atoms with E-state index in [2.05, 4.69) is 11.4 Å². The van der Waals surface area contributed by atoms with Crippen LogP contribution in [0.1, 0.15) is 29.9 Å². The van der Waals surface area contributed by atoms with E-state index in [-0.39, 0.29) is 12.5 Å². The van der Waals surface area contributed by atoms with Crippen LogP contribution < -0.4 is 11.1 Å². The normalized spacial score (nSPS) is 21.2. The van der Waals surface area contributed by atoms with Crippen LogP contribution in [-0.4, -0.2) is 51.7 Å². The number of nitrogens with zero attached hydrogens (tertiary/aromatic N) is 2. The Bertz CT molecular complexity index is 1040. The zero-order valence-corrected chi connectivity index (χ0v) is 18.8. The molecule has 2 aliphatic rings. The predicted molar refractivity (Wildman–Crippen MR) is 123 cm³/mol. The van der Waals surface area contributed by atoms with Gasteiger partial charge in [0, 0.05) is 33.4 Å². The van der Waals surface area contributed by atoms with Gasteiger partial charge in [0.25, 0.3) is 0 Å². The van der Waals surface area contributed by atoms with Gasteiger partial charge in [-0.25, -0.2) is 4.31 Å². The van der Waals surface area contributed by atoms with Crippen molar-refractivity contribution in [1.82, 2.24) is 9.62 Å². The van der Waals surface area contributed by atoms with E-state index >= 15 is 0 Å². The molecule has 8 nitrogen and oxygen atoms in total. The zero-order chi connectivity index (χ0) is 22.9. The molecule has 0 aliphatic carbocycles. The summed E-state index contributed by atoms with van der Waals surface area (Å²) >= 11 is 0. The van der Waals surface area contributed by atoms with Gasteiger partial charge in [-0.05, 0) is 47.2 Å². The van der Waals surface area contributed by atoms with Crippen LogP contribution in [0.15, 0.2) is 47.4 Å². The molecule has 2 heterocycles. The van der Waals surface area contributed by atoms with Gasteiger partial charge < -0.3 is 15.8 Å². The number of amides is 1. The number of carbonyl (C=O) groups is 1. The number of carbonyl (C=O) groups excluding carboxylic acids is 1. The monoisotopic (exact) mass is 456 g/mol. The lowest BCUT2D eigenvalue weighted by Crippen LogP contribution is -2.57. The molecule has 9 heteroatoms. The first-order chi connectivity index (χ1) is 15.2. The quantitative estimate of drug-likeness (QED) is 0.544. The Morgan fingerprint density at radius 2 is 1.91 bits per heavy atom. The summed E-state index contributed by atoms with van der Waals surface area (Å²) in [6.07, 6.45) is 0.937. The van der Waals surface area contributed by atoms with Gasteiger partial charge >= 0.3 is 0 Å². The number of hydrogen-bond donors (Lipinski definition) is 4. The number of rotatable bonds is 5. The SMILES string of the molecule is CN1Cc2cc(-c3ccc([C@H](C#N)CNC(=O)C4(N)CCOCC4)cc3)ccc2S1(O)O. The minimum atomic E-state index is -2.88. The lowest BCUT2D eigenvalue weighted by molar-refractivity contribution is -0.129. The van der Waals surface area contributed by atoms with Gasteiger partial charge in [-0.2, -0.15) is 5.26 Å². The highest BCUT2D eigenvalue weighted by molar-refractivity contribution is 8.22. The zero-order valence-electron chi connectivity index (χ0n) is 18.0. The number of fused-ring (bicyclic) bond motifs is 1. The second-order valence-corrected chi connectivity index (χ2v) is 10.5. The molecule has 0 bridgehead atoms. The van der Waals surface area contributed by atoms with Crippen molar-refractivity contribution >= 4 is 16.7 Å². The van der Waals surface area contributed by atoms with Gasteiger partial charge in [0.05, 0.1) is 22.4 Å². The highest BCUT2D eigenvalue weighted by Gasteiger charge is 2.36. The van der Waals surface area contributed by atoms with Crippen LogP contribution in [0, 0.1) is 11.3 Å². The van der Waals surface area contributed by atoms with Gasteiger partial charge in [-0.3, -0.25) is 13.9 Å². The molecule has 2 aliphatic heterocycles. The van der Waals surface area contributed by atoms with Crippen LogP contribution in [0.5, 0.6) is 0 Å². The molecular formula is C23H28N4O4S. The molecule has 5 N–H and O–H groups in total. The van der Waals surface area contributed by atoms with E-state index in [9.17, 15) is 19.2 Å². The lowest BCUT2D eigenvalue weighted by Gasteiger charge is -2.34. The van der Waals surface area contributed by atoms with Crippen molar-refractivity contribution in [3.63, 3.8) is 0 Å². The maximum Gasteiger partial charge on any atom is 0.240 e. The van der Waals surface area contributed by atoms with Crippen LogP contribution >= 0.6 is 10.8 Å². The maximum atomic E-state index is 12.5. The average molecular weight is 457 g/mol. The highest BCUT2D eigenvalue weighted by Crippen LogP contribution is 2.58. The molecular weight excluding hydrogens is 428 g/mol. The van der Waals surface area contributed by atoms with Crippen molar-refractivity contribution in [2.75, 3.05) is 26.8 Å². The van der Waals surface area contributed by atoms with Gasteiger partial charge in [0.1, 0.15) is 0 Å². The van der Waals surface area contributed by atoms with Crippen LogP contribution in [0.4, 0.5) is 0 Å². The van der Waals surface area contributed by atoms with E-state index in [4.69, 9.17) is 10.5 Å². The average Bonchev–Trinajstić information content (AvgIpc) is 3.02. The molecule has 2 aromatic carbocycles. The largest absolute Gasteiger partial charge is 0.381 e. The first-order valence-corrected chi connectivity index (χ1v) is 12.0. The van der Waals surface area contributed by atoms with E-state index < -0.39 is 22.2 Å². The standard InChI is InChI=1S/C23H28N4O4S/c1-27-15-19-12-18(6-7-21(19)32(27,29)30)16-2-4-17(5-3-16)20(13-24)14-26-22(28)23(25)8-10-31-11-9-23/h2-7,12,20,29-30H,8-11,14-15,25H2,1H3,(H,26,28)/t20-/m1/s1. The number of nitriles is 1. The molecule has 0 saturated carbocycles. The molecule has 0 unspecified atom stereocenters. The van der Waals surface area contributed by atoms with Crippen molar-refractivity contribution in [2.45, 2.75) is 35.7 Å². The first-order valence-electron chi connectivity index (χ1n) is 10.5. The minimum absolute atomic E-state index is 0.192. The topological polar surface area (TPSA) is 132 Å². The number of benzene rings is 2. The predicted octanol–water partition coefficient (Wildman–Crippen LogP) is 3.05. The van der Waals surface area contributed by atoms with Gasteiger partial charge in [-0.1, -0.05) is 30.3 Å². The molecule has 2 aromatic rings. The van der Waals surface area contributed by atoms with Crippen molar-refractivity contribution in [1.29, 1.82) is 5.26 Å². The Kier molecular flexibility index (Phi) is 6.27. The summed E-state index contributed by atoms with van der Waals surface area (Å²) < 4.78 is 27.4. The van der Waals surface area contributed by atoms with Crippen LogP contribution in [0.2, 0.25) is 0 Å². The van der Waals surface area contributed by atoms with E-state index in [1.807, 2.05) is 36.4 Å². The van der Waals surface area contributed by atoms with Gasteiger partial charge in [0.15, 0.2) is 0 Å². The second kappa shape index (κ2) is 8.83. The molecule has 0 spiro atoms. The molecule has 1 fully saturated rings. The lowest BCUT2D eigenvalue weighted by atomic mass is 9.90. The van der Waals surface area contributed by atoms with Crippen molar-refractivity contribution in [2.24, 2.45) is 5.73 Å². The van der Waals surface area contributed by atoms with Crippen molar-refractivity contribution in [3.05, 3.63) is 53.6 Å². The summed E-state index contributed by atoms with van der Waals surface area (Å²) in [4.78, 5) is 13.1. The fraction of sp³-hybridized carbons (Fsp3) is 0.391. The summed E-state index contributed by atoms with van der Waals surface area (Å²) in [6, 6.07) is 15.5. The second-order valence-electron chi connectivity index (χ2n) is 8.41. The molecule has 1 amide bonds. The third kappa shape index (κ3) is 4.26. The summed E-state index contributed by atoms with van der Waals surface area (Å²) in [7, 11) is -1.19. The van der Waals surface area contributed by atoms with E-state index in [1.165, 1.54) is 0 Å². The fourth-order valence-corrected chi connectivity index (χ4v) is 5.51. The molecule has 32 heavy (non-hydrogen) atoms. The van der Waals surface area contributed by atoms with Gasteiger partial charge in [-0.15, -0.1) is 10.8 Å². The summed E-state index contributed by atoms with van der Waals surface area (Å²) in [6.45, 7) is 1.60. The molecule has 0 radical (unpaired) electrons. The Morgan fingerprint density at radius 3 is 2.56 bits per heavy atom. The van der Waals surface area contributed by atoms with Crippen LogP contribution in [0.25, 0.3) is 11.1 Å². The summed E-state index contributed by atoms with van der Waals surface area (Å²) in [5, 5.41) is 12.5. The Balaban J connectivity index is 1.44. The molecule has 0 aromatic heterocycles. The van der Waals surface area contributed by atoms with Gasteiger partial charge in [0.2, 0.25) is 5.91 Å². The minimum Gasteiger partial charge on any atom is -0.381 e. The number of hydrogen-bond acceptors (Lipinski definition) is 7. The Morgan fingerprint density at radius 1 is 1.25 bits per heavy atom. The Labute approximate surface area is 189 Å². The number of nitrogens with two attached hydrogens (primary N) is 1. The summed E-state index contributed by atoms with van der Waals surface area (Å²) in [5.41, 5.74) is 8.91. The van der Waals surface area contributed by atoms with Crippen molar-refractivity contribution in [3.8, 4) is 17.2 Å². The molecule has 4 rings (SSSR count). The fourth-order valence-electron chi connectivity index (χ4n) is 4.13. The number of ether oxygens (including phenoxy) is 1. The van der Waals surface area contributed by atoms with E-state index in [0.717, 1.165) is 22.3 Å². The van der Waals surface area contributed by atoms with E-state index in [1.54, 1.807) is 17.4 Å². The molecule has 170 valence electrons. The van der Waals surface area contributed by atoms with E-state index in [0.29, 0.717) is 37.5 Å². The third-order valence-corrected chi connectivity index (χ3v) is 8.28. The highest BCUT2D eigenvalue weighted by atomic mass is 32.3. The maximum absolute atomic E-state index is 12.5. The number of nitrogens with one attached hydrogen (secondary N) is 1. The molecule has 1 saturated heterocycles.